The summed E-state index contributed by atoms with van der Waals surface area (Å²) in [6, 6.07) is 5.33. The zero-order chi connectivity index (χ0) is 11.4. The van der Waals surface area contributed by atoms with Crippen LogP contribution in [0.3, 0.4) is 0 Å². The molecule has 4 heteroatoms. The number of hydrogen-bond acceptors (Lipinski definition) is 4. The van der Waals surface area contributed by atoms with Gasteiger partial charge in [0.25, 0.3) is 0 Å². The highest BCUT2D eigenvalue weighted by Gasteiger charge is 2.13. The molecule has 0 aliphatic heterocycles. The predicted molar refractivity (Wildman–Crippen MR) is 56.8 cm³/mol. The molecule has 1 aromatic rings. The molecular formula is C11H15NO3. The number of ether oxygens (including phenoxy) is 1. The number of aryl methyl sites for hydroxylation is 1. The van der Waals surface area contributed by atoms with Gasteiger partial charge in [-0.1, -0.05) is 6.07 Å². The van der Waals surface area contributed by atoms with Crippen LogP contribution in [0, 0.1) is 6.92 Å². The van der Waals surface area contributed by atoms with E-state index in [1.165, 1.54) is 12.2 Å². The zero-order valence-electron chi connectivity index (χ0n) is 9.40. The number of esters is 1. The first-order valence-corrected chi connectivity index (χ1v) is 4.59. The Morgan fingerprint density at radius 2 is 2.00 bits per heavy atom. The van der Waals surface area contributed by atoms with Gasteiger partial charge in [0.15, 0.2) is 5.75 Å². The summed E-state index contributed by atoms with van der Waals surface area (Å²) in [5.41, 5.74) is 1.45. The van der Waals surface area contributed by atoms with E-state index in [0.29, 0.717) is 11.3 Å². The Balaban J connectivity index is 3.08. The van der Waals surface area contributed by atoms with Gasteiger partial charge in [-0.2, -0.15) is 5.06 Å². The van der Waals surface area contributed by atoms with Crippen molar-refractivity contribution in [2.45, 2.75) is 6.92 Å². The summed E-state index contributed by atoms with van der Waals surface area (Å²) < 4.78 is 4.66. The molecule has 0 aromatic heterocycles. The molecule has 0 saturated carbocycles. The number of benzene rings is 1. The Kier molecular flexibility index (Phi) is 3.68. The lowest BCUT2D eigenvalue weighted by Crippen LogP contribution is -2.18. The summed E-state index contributed by atoms with van der Waals surface area (Å²) in [5, 5.41) is 1.53. The van der Waals surface area contributed by atoms with Crippen molar-refractivity contribution < 1.29 is 14.4 Å². The van der Waals surface area contributed by atoms with Gasteiger partial charge in [0.2, 0.25) is 0 Å². The van der Waals surface area contributed by atoms with Gasteiger partial charge < -0.3 is 9.57 Å². The second kappa shape index (κ2) is 4.79. The smallest absolute Gasteiger partial charge is 0.341 e. The molecule has 0 heterocycles. The van der Waals surface area contributed by atoms with Crippen molar-refractivity contribution in [2.24, 2.45) is 0 Å². The molecule has 0 N–H and O–H groups in total. The van der Waals surface area contributed by atoms with E-state index in [0.717, 1.165) is 5.56 Å². The fourth-order valence-corrected chi connectivity index (χ4v) is 1.18. The number of hydroxylamine groups is 2. The minimum Gasteiger partial charge on any atom is -0.465 e. The minimum atomic E-state index is -0.396. The third-order valence-corrected chi connectivity index (χ3v) is 1.82. The molecule has 0 spiro atoms. The second-order valence-electron chi connectivity index (χ2n) is 3.39. The van der Waals surface area contributed by atoms with E-state index in [2.05, 4.69) is 4.74 Å². The summed E-state index contributed by atoms with van der Waals surface area (Å²) >= 11 is 0. The normalized spacial score (nSPS) is 10.2. The molecule has 15 heavy (non-hydrogen) atoms. The van der Waals surface area contributed by atoms with Crippen LogP contribution in [0.1, 0.15) is 15.9 Å². The van der Waals surface area contributed by atoms with Crippen molar-refractivity contribution in [3.63, 3.8) is 0 Å². The number of nitrogens with zero attached hydrogens (tertiary/aromatic N) is 1. The first-order valence-electron chi connectivity index (χ1n) is 4.59. The Morgan fingerprint density at radius 1 is 1.33 bits per heavy atom. The molecule has 0 amide bonds. The van der Waals surface area contributed by atoms with Crippen molar-refractivity contribution >= 4 is 5.97 Å². The monoisotopic (exact) mass is 209 g/mol. The minimum absolute atomic E-state index is 0.396. The van der Waals surface area contributed by atoms with Gasteiger partial charge in [0, 0.05) is 14.1 Å². The molecule has 0 fully saturated rings. The van der Waals surface area contributed by atoms with Crippen molar-refractivity contribution in [3.8, 4) is 5.75 Å². The third-order valence-electron chi connectivity index (χ3n) is 1.82. The van der Waals surface area contributed by atoms with Crippen LogP contribution in [0.15, 0.2) is 18.2 Å². The third kappa shape index (κ3) is 2.95. The fraction of sp³-hybridized carbons (Fsp3) is 0.364. The van der Waals surface area contributed by atoms with Crippen LogP contribution in [0.2, 0.25) is 0 Å². The van der Waals surface area contributed by atoms with Crippen LogP contribution in [0.5, 0.6) is 5.75 Å². The van der Waals surface area contributed by atoms with E-state index in [9.17, 15) is 4.79 Å². The number of rotatable bonds is 3. The zero-order valence-corrected chi connectivity index (χ0v) is 9.40. The predicted octanol–water partition coefficient (Wildman–Crippen LogP) is 1.64. The maximum atomic E-state index is 11.4. The molecule has 1 rings (SSSR count). The molecule has 0 saturated heterocycles. The van der Waals surface area contributed by atoms with Gasteiger partial charge in [-0.15, -0.1) is 0 Å². The number of carbonyl (C=O) groups excluding carboxylic acids is 1. The number of methoxy groups -OCH3 is 1. The van der Waals surface area contributed by atoms with Crippen LogP contribution in [0.4, 0.5) is 0 Å². The lowest BCUT2D eigenvalue weighted by atomic mass is 10.1. The molecule has 0 aliphatic carbocycles. The van der Waals surface area contributed by atoms with E-state index in [1.807, 2.05) is 13.0 Å². The quantitative estimate of drug-likeness (QED) is 0.560. The van der Waals surface area contributed by atoms with Gasteiger partial charge in [0.1, 0.15) is 5.56 Å². The Hall–Kier alpha value is -1.55. The van der Waals surface area contributed by atoms with Crippen molar-refractivity contribution in [3.05, 3.63) is 29.3 Å². The van der Waals surface area contributed by atoms with Gasteiger partial charge in [0.05, 0.1) is 7.11 Å². The SMILES string of the molecule is COC(=O)c1ccc(C)cc1ON(C)C. The van der Waals surface area contributed by atoms with E-state index < -0.39 is 5.97 Å². The molecule has 0 unspecified atom stereocenters. The van der Waals surface area contributed by atoms with Gasteiger partial charge in [-0.3, -0.25) is 0 Å². The second-order valence-corrected chi connectivity index (χ2v) is 3.39. The van der Waals surface area contributed by atoms with Crippen molar-refractivity contribution in [2.75, 3.05) is 21.2 Å². The van der Waals surface area contributed by atoms with E-state index >= 15 is 0 Å². The summed E-state index contributed by atoms with van der Waals surface area (Å²) in [7, 11) is 4.86. The lowest BCUT2D eigenvalue weighted by Gasteiger charge is -2.14. The van der Waals surface area contributed by atoms with E-state index in [-0.39, 0.29) is 0 Å². The van der Waals surface area contributed by atoms with Crippen LogP contribution < -0.4 is 4.84 Å². The molecule has 82 valence electrons. The topological polar surface area (TPSA) is 38.8 Å². The van der Waals surface area contributed by atoms with Gasteiger partial charge in [-0.25, -0.2) is 4.79 Å². The summed E-state index contributed by atoms with van der Waals surface area (Å²) in [5.74, 6) is 0.110. The Morgan fingerprint density at radius 3 is 2.53 bits per heavy atom. The average Bonchev–Trinajstić information content (AvgIpc) is 2.16. The van der Waals surface area contributed by atoms with E-state index in [4.69, 9.17) is 4.84 Å². The number of hydrogen-bond donors (Lipinski definition) is 0. The maximum absolute atomic E-state index is 11.4. The fourth-order valence-electron chi connectivity index (χ4n) is 1.18. The largest absolute Gasteiger partial charge is 0.465 e. The van der Waals surface area contributed by atoms with Crippen LogP contribution >= 0.6 is 0 Å². The molecule has 0 atom stereocenters. The first-order chi connectivity index (χ1) is 7.04. The van der Waals surface area contributed by atoms with Crippen molar-refractivity contribution in [1.82, 2.24) is 5.06 Å². The number of carbonyl (C=O) groups is 1. The van der Waals surface area contributed by atoms with E-state index in [1.54, 1.807) is 26.2 Å². The van der Waals surface area contributed by atoms with Crippen molar-refractivity contribution in [1.29, 1.82) is 0 Å². The summed E-state index contributed by atoms with van der Waals surface area (Å²) in [6.07, 6.45) is 0. The van der Waals surface area contributed by atoms with Crippen LogP contribution in [-0.4, -0.2) is 32.2 Å². The first kappa shape index (κ1) is 11.5. The summed E-state index contributed by atoms with van der Waals surface area (Å²) in [6.45, 7) is 1.93. The molecule has 0 bridgehead atoms. The van der Waals surface area contributed by atoms with Gasteiger partial charge >= 0.3 is 5.97 Å². The van der Waals surface area contributed by atoms with Crippen LogP contribution in [-0.2, 0) is 4.74 Å². The molecule has 1 aromatic carbocycles. The highest BCUT2D eigenvalue weighted by Crippen LogP contribution is 2.21. The highest BCUT2D eigenvalue weighted by atomic mass is 16.7. The summed E-state index contributed by atoms with van der Waals surface area (Å²) in [4.78, 5) is 16.8. The highest BCUT2D eigenvalue weighted by molar-refractivity contribution is 5.92. The standard InChI is InChI=1S/C11H15NO3/c1-8-5-6-9(11(13)14-4)10(7-8)15-12(2)3/h5-7H,1-4H3. The van der Waals surface area contributed by atoms with Gasteiger partial charge in [-0.05, 0) is 24.6 Å². The van der Waals surface area contributed by atoms with Crippen LogP contribution in [0.25, 0.3) is 0 Å². The molecule has 0 radical (unpaired) electrons. The Bertz CT molecular complexity index is 361. The molecule has 4 nitrogen and oxygen atoms in total. The lowest BCUT2D eigenvalue weighted by molar-refractivity contribution is -0.00498. The molecule has 0 aliphatic rings. The maximum Gasteiger partial charge on any atom is 0.341 e. The molecular weight excluding hydrogens is 194 g/mol. The average molecular weight is 209 g/mol. The Labute approximate surface area is 89.4 Å².